The molecule has 9 nitrogen and oxygen atoms in total. The van der Waals surface area contributed by atoms with Gasteiger partial charge in [-0.3, -0.25) is 9.59 Å². The lowest BCUT2D eigenvalue weighted by Gasteiger charge is -2.25. The van der Waals surface area contributed by atoms with Gasteiger partial charge >= 0.3 is 0 Å². The lowest BCUT2D eigenvalue weighted by Crippen LogP contribution is -2.37. The van der Waals surface area contributed by atoms with Gasteiger partial charge < -0.3 is 9.32 Å². The molecule has 0 radical (unpaired) electrons. The second kappa shape index (κ2) is 9.27. The van der Waals surface area contributed by atoms with Crippen LogP contribution in [-0.2, 0) is 17.9 Å². The molecule has 164 valence electrons. The maximum Gasteiger partial charge on any atom is 0.277 e. The van der Waals surface area contributed by atoms with Gasteiger partial charge in [0.25, 0.3) is 5.56 Å². The normalized spacial score (nSPS) is 11.2. The van der Waals surface area contributed by atoms with Crippen molar-refractivity contribution >= 4 is 28.4 Å². The molecule has 2 aromatic carbocycles. The highest BCUT2D eigenvalue weighted by Gasteiger charge is 2.21. The molecule has 0 N–H and O–H groups in total. The topological polar surface area (TPSA) is 107 Å². The Morgan fingerprint density at radius 1 is 1.09 bits per heavy atom. The number of rotatable bonds is 7. The van der Waals surface area contributed by atoms with Crippen molar-refractivity contribution in [3.63, 3.8) is 0 Å². The van der Waals surface area contributed by atoms with Crippen LogP contribution in [0.5, 0.6) is 0 Å². The van der Waals surface area contributed by atoms with Gasteiger partial charge in [-0.1, -0.05) is 41.1 Å². The third-order valence-electron chi connectivity index (χ3n) is 4.99. The van der Waals surface area contributed by atoms with Gasteiger partial charge in [0.15, 0.2) is 0 Å². The summed E-state index contributed by atoms with van der Waals surface area (Å²) in [4.78, 5) is 27.1. The van der Waals surface area contributed by atoms with Crippen LogP contribution >= 0.6 is 11.6 Å². The van der Waals surface area contributed by atoms with Crippen LogP contribution < -0.4 is 5.56 Å². The van der Waals surface area contributed by atoms with Gasteiger partial charge in [0.05, 0.1) is 29.1 Å². The fourth-order valence-corrected chi connectivity index (χ4v) is 3.50. The Bertz CT molecular complexity index is 1320. The molecule has 0 unspecified atom stereocenters. The van der Waals surface area contributed by atoms with Crippen LogP contribution in [0.3, 0.4) is 0 Å². The van der Waals surface area contributed by atoms with Gasteiger partial charge in [0.2, 0.25) is 17.7 Å². The average Bonchev–Trinajstić information content (AvgIpc) is 3.25. The Morgan fingerprint density at radius 2 is 1.84 bits per heavy atom. The molecule has 0 aliphatic heterocycles. The third-order valence-corrected chi connectivity index (χ3v) is 5.32. The van der Waals surface area contributed by atoms with Crippen molar-refractivity contribution in [2.75, 3.05) is 0 Å². The van der Waals surface area contributed by atoms with Gasteiger partial charge in [-0.25, -0.2) is 4.68 Å². The highest BCUT2D eigenvalue weighted by molar-refractivity contribution is 6.33. The van der Waals surface area contributed by atoms with Gasteiger partial charge in [-0.05, 0) is 38.1 Å². The lowest BCUT2D eigenvalue weighted by molar-refractivity contribution is -0.134. The minimum absolute atomic E-state index is 0.0800. The van der Waals surface area contributed by atoms with Gasteiger partial charge in [0, 0.05) is 12.5 Å². The van der Waals surface area contributed by atoms with E-state index in [1.54, 1.807) is 41.3 Å². The molecule has 2 heterocycles. The summed E-state index contributed by atoms with van der Waals surface area (Å²) in [5, 5.41) is 17.1. The molecule has 0 fully saturated rings. The molecule has 0 aliphatic carbocycles. The second-order valence-electron chi connectivity index (χ2n) is 7.48. The molecule has 0 bridgehead atoms. The molecule has 4 aromatic rings. The summed E-state index contributed by atoms with van der Waals surface area (Å²) in [5.74, 6) is 0.420. The molecule has 1 amide bonds. The fourth-order valence-electron chi connectivity index (χ4n) is 3.28. The summed E-state index contributed by atoms with van der Waals surface area (Å²) in [6.45, 7) is 4.05. The minimum Gasteiger partial charge on any atom is -0.419 e. The summed E-state index contributed by atoms with van der Waals surface area (Å²) in [7, 11) is 0. The number of carbonyl (C=O) groups excluding carboxylic acids is 1. The number of fused-ring (bicyclic) bond motifs is 1. The SMILES string of the molecule is CC(C)N(Cc1nnc(-c2ccccc2Cl)o1)C(=O)CCn1nnc2ccccc2c1=O. The van der Waals surface area contributed by atoms with E-state index in [2.05, 4.69) is 20.5 Å². The van der Waals surface area contributed by atoms with Crippen molar-refractivity contribution in [2.24, 2.45) is 0 Å². The number of hydrogen-bond acceptors (Lipinski definition) is 7. The zero-order valence-electron chi connectivity index (χ0n) is 17.6. The largest absolute Gasteiger partial charge is 0.419 e. The fraction of sp³-hybridized carbons (Fsp3) is 0.273. The van der Waals surface area contributed by atoms with E-state index in [0.717, 1.165) is 0 Å². The summed E-state index contributed by atoms with van der Waals surface area (Å²) in [5.41, 5.74) is 0.875. The Hall–Kier alpha value is -3.59. The van der Waals surface area contributed by atoms with Gasteiger partial charge in [-0.15, -0.1) is 15.3 Å². The first-order chi connectivity index (χ1) is 15.4. The van der Waals surface area contributed by atoms with Crippen LogP contribution in [0.1, 0.15) is 26.2 Å². The first-order valence-corrected chi connectivity index (χ1v) is 10.5. The number of hydrogen-bond donors (Lipinski definition) is 0. The monoisotopic (exact) mass is 452 g/mol. The van der Waals surface area contributed by atoms with Crippen molar-refractivity contribution in [1.82, 2.24) is 30.1 Å². The van der Waals surface area contributed by atoms with Gasteiger partial charge in [0.1, 0.15) is 5.52 Å². The van der Waals surface area contributed by atoms with E-state index in [1.807, 2.05) is 26.0 Å². The average molecular weight is 453 g/mol. The Morgan fingerprint density at radius 3 is 2.62 bits per heavy atom. The Kier molecular flexibility index (Phi) is 6.27. The maximum absolute atomic E-state index is 12.9. The Balaban J connectivity index is 1.47. The zero-order chi connectivity index (χ0) is 22.7. The number of nitrogens with zero attached hydrogens (tertiary/aromatic N) is 6. The molecule has 10 heteroatoms. The van der Waals surface area contributed by atoms with Crippen LogP contribution in [0.15, 0.2) is 57.7 Å². The molecular formula is C22H21ClN6O3. The van der Waals surface area contributed by atoms with Crippen molar-refractivity contribution in [3.05, 3.63) is 69.8 Å². The molecule has 4 rings (SSSR count). The molecule has 0 atom stereocenters. The first kappa shape index (κ1) is 21.6. The van der Waals surface area contributed by atoms with Crippen LogP contribution in [0.25, 0.3) is 22.4 Å². The summed E-state index contributed by atoms with van der Waals surface area (Å²) < 4.78 is 6.94. The molecule has 32 heavy (non-hydrogen) atoms. The summed E-state index contributed by atoms with van der Waals surface area (Å²) in [6, 6.07) is 14.0. The van der Waals surface area contributed by atoms with Gasteiger partial charge in [-0.2, -0.15) is 0 Å². The van der Waals surface area contributed by atoms with Crippen LogP contribution in [0, 0.1) is 0 Å². The maximum atomic E-state index is 12.9. The Labute approximate surface area is 188 Å². The third kappa shape index (κ3) is 4.52. The molecule has 2 aromatic heterocycles. The number of aromatic nitrogens is 5. The highest BCUT2D eigenvalue weighted by atomic mass is 35.5. The van der Waals surface area contributed by atoms with E-state index in [-0.39, 0.29) is 37.0 Å². The van der Waals surface area contributed by atoms with E-state index < -0.39 is 0 Å². The first-order valence-electron chi connectivity index (χ1n) is 10.1. The standard InChI is InChI=1S/C22H21ClN6O3/c1-14(2)28(13-19-25-26-21(32-19)15-7-3-5-9-17(15)23)20(30)11-12-29-22(31)16-8-4-6-10-18(16)24-27-29/h3-10,14H,11-13H2,1-2H3. The van der Waals surface area contributed by atoms with Crippen LogP contribution in [-0.4, -0.2) is 42.0 Å². The van der Waals surface area contributed by atoms with E-state index in [4.69, 9.17) is 16.0 Å². The molecular weight excluding hydrogens is 432 g/mol. The van der Waals surface area contributed by atoms with Crippen molar-refractivity contribution in [1.29, 1.82) is 0 Å². The van der Waals surface area contributed by atoms with Crippen LogP contribution in [0.2, 0.25) is 5.02 Å². The van der Waals surface area contributed by atoms with Crippen molar-refractivity contribution < 1.29 is 9.21 Å². The quantitative estimate of drug-likeness (QED) is 0.423. The molecule has 0 aliphatic rings. The van der Waals surface area contributed by atoms with E-state index >= 15 is 0 Å². The summed E-state index contributed by atoms with van der Waals surface area (Å²) >= 11 is 6.19. The van der Waals surface area contributed by atoms with E-state index in [0.29, 0.717) is 33.3 Å². The van der Waals surface area contributed by atoms with Crippen LogP contribution in [0.4, 0.5) is 0 Å². The second-order valence-corrected chi connectivity index (χ2v) is 7.89. The van der Waals surface area contributed by atoms with E-state index in [1.165, 1.54) is 4.68 Å². The lowest BCUT2D eigenvalue weighted by atomic mass is 10.2. The van der Waals surface area contributed by atoms with Crippen molar-refractivity contribution in [3.8, 4) is 11.5 Å². The minimum atomic E-state index is -0.277. The molecule has 0 spiro atoms. The number of amides is 1. The molecule has 0 saturated carbocycles. The predicted octanol–water partition coefficient (Wildman–Crippen LogP) is 3.32. The van der Waals surface area contributed by atoms with E-state index in [9.17, 15) is 9.59 Å². The number of carbonyl (C=O) groups is 1. The molecule has 0 saturated heterocycles. The predicted molar refractivity (Wildman–Crippen MR) is 119 cm³/mol. The summed E-state index contributed by atoms with van der Waals surface area (Å²) in [6.07, 6.45) is 0.0800. The zero-order valence-corrected chi connectivity index (χ0v) is 18.4. The van der Waals surface area contributed by atoms with Crippen molar-refractivity contribution in [2.45, 2.75) is 39.4 Å². The number of benzene rings is 2. The number of halogens is 1. The number of aryl methyl sites for hydroxylation is 1. The smallest absolute Gasteiger partial charge is 0.277 e. The highest BCUT2D eigenvalue weighted by Crippen LogP contribution is 2.26.